The molecule has 0 saturated heterocycles. The van der Waals surface area contributed by atoms with Crippen LogP contribution in [0.15, 0.2) is 65.3 Å². The molecule has 2 heterocycles. The summed E-state index contributed by atoms with van der Waals surface area (Å²) in [5, 5.41) is 12.3. The molecule has 23 heavy (non-hydrogen) atoms. The van der Waals surface area contributed by atoms with Crippen LogP contribution in [0.3, 0.4) is 0 Å². The molecule has 0 atom stereocenters. The van der Waals surface area contributed by atoms with Crippen LogP contribution in [-0.2, 0) is 13.1 Å². The third kappa shape index (κ3) is 3.84. The maximum Gasteiger partial charge on any atom is 0.335 e. The van der Waals surface area contributed by atoms with Crippen molar-refractivity contribution in [2.24, 2.45) is 0 Å². The minimum atomic E-state index is -0.947. The van der Waals surface area contributed by atoms with Gasteiger partial charge in [-0.1, -0.05) is 12.1 Å². The zero-order chi connectivity index (χ0) is 16.1. The third-order valence-electron chi connectivity index (χ3n) is 3.43. The van der Waals surface area contributed by atoms with Crippen LogP contribution in [-0.4, -0.2) is 16.1 Å². The molecule has 116 valence electrons. The van der Waals surface area contributed by atoms with E-state index in [9.17, 15) is 4.79 Å². The molecule has 0 fully saturated rings. The molecule has 0 amide bonds. The van der Waals surface area contributed by atoms with Crippen molar-refractivity contribution in [3.8, 4) is 11.3 Å². The number of carboxylic acids is 1. The van der Waals surface area contributed by atoms with E-state index < -0.39 is 5.97 Å². The van der Waals surface area contributed by atoms with Gasteiger partial charge in [-0.15, -0.1) is 0 Å². The van der Waals surface area contributed by atoms with Gasteiger partial charge in [-0.2, -0.15) is 0 Å². The molecule has 5 nitrogen and oxygen atoms in total. The molecule has 2 aromatic heterocycles. The van der Waals surface area contributed by atoms with Crippen molar-refractivity contribution >= 4 is 5.97 Å². The molecule has 0 bridgehead atoms. The predicted molar refractivity (Wildman–Crippen MR) is 85.9 cm³/mol. The Kier molecular flexibility index (Phi) is 4.49. The maximum atomic E-state index is 11.0. The molecule has 0 aliphatic heterocycles. The van der Waals surface area contributed by atoms with Crippen LogP contribution >= 0.6 is 0 Å². The molecule has 0 saturated carbocycles. The second-order valence-corrected chi connectivity index (χ2v) is 5.11. The SMILES string of the molecule is O=C(O)c1cccc(-c2ccc(CNCc3ccncc3)o2)c1. The van der Waals surface area contributed by atoms with E-state index in [0.717, 1.165) is 23.4 Å². The Bertz CT molecular complexity index is 797. The fourth-order valence-corrected chi connectivity index (χ4v) is 2.26. The molecule has 0 unspecified atom stereocenters. The lowest BCUT2D eigenvalue weighted by Gasteiger charge is -2.03. The second kappa shape index (κ2) is 6.89. The Labute approximate surface area is 133 Å². The zero-order valence-electron chi connectivity index (χ0n) is 12.4. The molecule has 1 aromatic carbocycles. The minimum Gasteiger partial charge on any atom is -0.478 e. The van der Waals surface area contributed by atoms with E-state index >= 15 is 0 Å². The summed E-state index contributed by atoms with van der Waals surface area (Å²) >= 11 is 0. The van der Waals surface area contributed by atoms with E-state index in [1.807, 2.05) is 30.3 Å². The number of benzene rings is 1. The largest absolute Gasteiger partial charge is 0.478 e. The second-order valence-electron chi connectivity index (χ2n) is 5.11. The van der Waals surface area contributed by atoms with Crippen molar-refractivity contribution < 1.29 is 14.3 Å². The number of nitrogens with one attached hydrogen (secondary N) is 1. The Hall–Kier alpha value is -2.92. The average molecular weight is 308 g/mol. The van der Waals surface area contributed by atoms with Crippen molar-refractivity contribution in [3.05, 3.63) is 77.8 Å². The highest BCUT2D eigenvalue weighted by Crippen LogP contribution is 2.23. The summed E-state index contributed by atoms with van der Waals surface area (Å²) in [5.41, 5.74) is 2.16. The Morgan fingerprint density at radius 1 is 1.09 bits per heavy atom. The van der Waals surface area contributed by atoms with Gasteiger partial charge in [0.25, 0.3) is 0 Å². The van der Waals surface area contributed by atoms with Crippen LogP contribution in [0, 0.1) is 0 Å². The summed E-state index contributed by atoms with van der Waals surface area (Å²) in [6.07, 6.45) is 3.52. The van der Waals surface area contributed by atoms with Crippen LogP contribution in [0.5, 0.6) is 0 Å². The highest BCUT2D eigenvalue weighted by molar-refractivity contribution is 5.89. The maximum absolute atomic E-state index is 11.0. The van der Waals surface area contributed by atoms with Gasteiger partial charge < -0.3 is 14.8 Å². The van der Waals surface area contributed by atoms with Crippen molar-refractivity contribution in [2.45, 2.75) is 13.1 Å². The van der Waals surface area contributed by atoms with Gasteiger partial charge >= 0.3 is 5.97 Å². The number of aromatic nitrogens is 1. The first kappa shape index (κ1) is 15.0. The number of nitrogens with zero attached hydrogens (tertiary/aromatic N) is 1. The molecule has 2 N–H and O–H groups in total. The van der Waals surface area contributed by atoms with E-state index in [1.165, 1.54) is 0 Å². The van der Waals surface area contributed by atoms with Crippen molar-refractivity contribution in [1.29, 1.82) is 0 Å². The highest BCUT2D eigenvalue weighted by Gasteiger charge is 2.08. The average Bonchev–Trinajstić information content (AvgIpc) is 3.05. The monoisotopic (exact) mass is 308 g/mol. The molecular weight excluding hydrogens is 292 g/mol. The molecule has 0 radical (unpaired) electrons. The fraction of sp³-hybridized carbons (Fsp3) is 0.111. The number of hydrogen-bond donors (Lipinski definition) is 2. The van der Waals surface area contributed by atoms with E-state index in [-0.39, 0.29) is 5.56 Å². The van der Waals surface area contributed by atoms with Gasteiger partial charge in [0.1, 0.15) is 11.5 Å². The van der Waals surface area contributed by atoms with Gasteiger partial charge in [-0.05, 0) is 42.0 Å². The molecule has 5 heteroatoms. The Morgan fingerprint density at radius 2 is 1.91 bits per heavy atom. The van der Waals surface area contributed by atoms with Crippen molar-refractivity contribution in [3.63, 3.8) is 0 Å². The van der Waals surface area contributed by atoms with Crippen LogP contribution < -0.4 is 5.32 Å². The summed E-state index contributed by atoms with van der Waals surface area (Å²) in [6.45, 7) is 1.33. The number of carboxylic acid groups (broad SMARTS) is 1. The van der Waals surface area contributed by atoms with Crippen LogP contribution in [0.2, 0.25) is 0 Å². The normalized spacial score (nSPS) is 10.6. The van der Waals surface area contributed by atoms with Gasteiger partial charge in [0.2, 0.25) is 0 Å². The molecule has 3 aromatic rings. The van der Waals surface area contributed by atoms with E-state index in [0.29, 0.717) is 12.3 Å². The van der Waals surface area contributed by atoms with E-state index in [1.54, 1.807) is 30.6 Å². The first-order valence-corrected chi connectivity index (χ1v) is 7.24. The number of furan rings is 1. The minimum absolute atomic E-state index is 0.247. The topological polar surface area (TPSA) is 75.4 Å². The number of rotatable bonds is 6. The number of hydrogen-bond acceptors (Lipinski definition) is 4. The lowest BCUT2D eigenvalue weighted by molar-refractivity contribution is 0.0697. The number of carbonyl (C=O) groups is 1. The molecular formula is C18H16N2O3. The van der Waals surface area contributed by atoms with Crippen molar-refractivity contribution in [1.82, 2.24) is 10.3 Å². The summed E-state index contributed by atoms with van der Waals surface area (Å²) in [7, 11) is 0. The smallest absolute Gasteiger partial charge is 0.335 e. The van der Waals surface area contributed by atoms with Gasteiger partial charge in [-0.25, -0.2) is 4.79 Å². The summed E-state index contributed by atoms with van der Waals surface area (Å²) in [4.78, 5) is 15.0. The van der Waals surface area contributed by atoms with Crippen molar-refractivity contribution in [2.75, 3.05) is 0 Å². The third-order valence-corrected chi connectivity index (χ3v) is 3.43. The molecule has 0 spiro atoms. The zero-order valence-corrected chi connectivity index (χ0v) is 12.4. The molecule has 0 aliphatic carbocycles. The van der Waals surface area contributed by atoms with Crippen LogP contribution in [0.25, 0.3) is 11.3 Å². The molecule has 3 rings (SSSR count). The Balaban J connectivity index is 1.64. The highest BCUT2D eigenvalue weighted by atomic mass is 16.4. The van der Waals surface area contributed by atoms with Gasteiger partial charge in [0.05, 0.1) is 12.1 Å². The van der Waals surface area contributed by atoms with Gasteiger partial charge in [0.15, 0.2) is 0 Å². The first-order chi connectivity index (χ1) is 11.2. The standard InChI is InChI=1S/C18H16N2O3/c21-18(22)15-3-1-2-14(10-15)17-5-4-16(23-17)12-20-11-13-6-8-19-9-7-13/h1-10,20H,11-12H2,(H,21,22). The Morgan fingerprint density at radius 3 is 2.70 bits per heavy atom. The van der Waals surface area contributed by atoms with E-state index in [2.05, 4.69) is 10.3 Å². The molecule has 0 aliphatic rings. The van der Waals surface area contributed by atoms with Gasteiger partial charge in [-0.3, -0.25) is 4.98 Å². The van der Waals surface area contributed by atoms with Gasteiger partial charge in [0, 0.05) is 24.5 Å². The lowest BCUT2D eigenvalue weighted by Crippen LogP contribution is -2.11. The fourth-order valence-electron chi connectivity index (χ4n) is 2.26. The summed E-state index contributed by atoms with van der Waals surface area (Å²) < 4.78 is 5.77. The van der Waals surface area contributed by atoms with Crippen LogP contribution in [0.4, 0.5) is 0 Å². The summed E-state index contributed by atoms with van der Waals surface area (Å²) in [6, 6.07) is 14.4. The van der Waals surface area contributed by atoms with E-state index in [4.69, 9.17) is 9.52 Å². The quantitative estimate of drug-likeness (QED) is 0.730. The van der Waals surface area contributed by atoms with Crippen LogP contribution in [0.1, 0.15) is 21.7 Å². The number of pyridine rings is 1. The number of aromatic carboxylic acids is 1. The predicted octanol–water partition coefficient (Wildman–Crippen LogP) is 3.33. The summed E-state index contributed by atoms with van der Waals surface area (Å²) in [5.74, 6) is 0.515. The first-order valence-electron chi connectivity index (χ1n) is 7.24. The lowest BCUT2D eigenvalue weighted by atomic mass is 10.1.